The molecule has 0 aliphatic heterocycles. The predicted octanol–water partition coefficient (Wildman–Crippen LogP) is 2.71. The molecule has 0 amide bonds. The Morgan fingerprint density at radius 1 is 1.21 bits per heavy atom. The highest BCUT2D eigenvalue weighted by Gasteiger charge is 2.19. The van der Waals surface area contributed by atoms with Gasteiger partial charge >= 0.3 is 0 Å². The van der Waals surface area contributed by atoms with Crippen LogP contribution in [0, 0.1) is 0 Å². The molecular weight excluding hydrogens is 280 g/mol. The van der Waals surface area contributed by atoms with Crippen LogP contribution in [0.15, 0.2) is 16.3 Å². The number of hydrogen-bond acceptors (Lipinski definition) is 4. The van der Waals surface area contributed by atoms with Crippen LogP contribution in [-0.2, 0) is 16.6 Å². The lowest BCUT2D eigenvalue weighted by Crippen LogP contribution is -2.33. The Hall–Kier alpha value is -0.430. The molecule has 0 saturated heterocycles. The topological polar surface area (TPSA) is 58.2 Å². The molecule has 0 bridgehead atoms. The Kier molecular flexibility index (Phi) is 6.99. The zero-order chi connectivity index (χ0) is 14.3. The number of thiophene rings is 1. The fourth-order valence-electron chi connectivity index (χ4n) is 1.72. The molecule has 1 aromatic rings. The van der Waals surface area contributed by atoms with Gasteiger partial charge in [-0.15, -0.1) is 11.3 Å². The van der Waals surface area contributed by atoms with Gasteiger partial charge in [0, 0.05) is 17.5 Å². The van der Waals surface area contributed by atoms with E-state index < -0.39 is 10.0 Å². The zero-order valence-electron chi connectivity index (χ0n) is 11.9. The monoisotopic (exact) mass is 304 g/mol. The van der Waals surface area contributed by atoms with E-state index in [1.807, 2.05) is 19.9 Å². The van der Waals surface area contributed by atoms with Gasteiger partial charge in [0.2, 0.25) is 10.0 Å². The van der Waals surface area contributed by atoms with Crippen LogP contribution in [0.3, 0.4) is 0 Å². The average molecular weight is 304 g/mol. The summed E-state index contributed by atoms with van der Waals surface area (Å²) in [5.74, 6) is 0. The molecule has 19 heavy (non-hydrogen) atoms. The first-order valence-corrected chi connectivity index (χ1v) is 9.15. The summed E-state index contributed by atoms with van der Waals surface area (Å²) in [6.07, 6.45) is 2.70. The molecule has 6 heteroatoms. The second-order valence-electron chi connectivity index (χ2n) is 4.53. The third-order valence-corrected chi connectivity index (χ3v) is 6.03. The highest BCUT2D eigenvalue weighted by molar-refractivity contribution is 7.91. The molecule has 0 fully saturated rings. The molecule has 0 atom stereocenters. The van der Waals surface area contributed by atoms with Gasteiger partial charge in [-0.3, -0.25) is 0 Å². The molecule has 1 aromatic heterocycles. The van der Waals surface area contributed by atoms with Crippen LogP contribution < -0.4 is 10.0 Å². The van der Waals surface area contributed by atoms with Gasteiger partial charge in [-0.1, -0.05) is 20.8 Å². The Morgan fingerprint density at radius 3 is 2.47 bits per heavy atom. The van der Waals surface area contributed by atoms with Crippen LogP contribution in [0.2, 0.25) is 0 Å². The van der Waals surface area contributed by atoms with E-state index in [2.05, 4.69) is 17.0 Å². The lowest BCUT2D eigenvalue weighted by Gasteiger charge is -2.13. The minimum atomic E-state index is -3.35. The lowest BCUT2D eigenvalue weighted by molar-refractivity contribution is 0.531. The van der Waals surface area contributed by atoms with Crippen LogP contribution in [-0.4, -0.2) is 21.0 Å². The molecule has 1 rings (SSSR count). The summed E-state index contributed by atoms with van der Waals surface area (Å²) in [5, 5.41) is 3.27. The maximum absolute atomic E-state index is 12.2. The van der Waals surface area contributed by atoms with Crippen molar-refractivity contribution in [3.8, 4) is 0 Å². The van der Waals surface area contributed by atoms with Crippen molar-refractivity contribution in [2.75, 3.05) is 6.54 Å². The standard InChI is InChI=1S/C13H24N2O2S2/c1-4-9-14-10-12-7-8-13(18-12)19(16,17)15-11(5-2)6-3/h7-8,11,14-15H,4-6,9-10H2,1-3H3. The van der Waals surface area contributed by atoms with E-state index in [1.165, 1.54) is 11.3 Å². The molecule has 4 nitrogen and oxygen atoms in total. The molecule has 0 saturated carbocycles. The van der Waals surface area contributed by atoms with Crippen molar-refractivity contribution in [2.24, 2.45) is 0 Å². The average Bonchev–Trinajstić information content (AvgIpc) is 2.86. The third-order valence-electron chi connectivity index (χ3n) is 2.94. The van der Waals surface area contributed by atoms with Crippen molar-refractivity contribution >= 4 is 21.4 Å². The summed E-state index contributed by atoms with van der Waals surface area (Å²) in [4.78, 5) is 1.05. The maximum atomic E-state index is 12.2. The van der Waals surface area contributed by atoms with Gasteiger partial charge in [0.25, 0.3) is 0 Å². The molecule has 0 aromatic carbocycles. The van der Waals surface area contributed by atoms with Crippen LogP contribution in [0.1, 0.15) is 44.9 Å². The zero-order valence-corrected chi connectivity index (χ0v) is 13.5. The summed E-state index contributed by atoms with van der Waals surface area (Å²) in [6, 6.07) is 3.60. The molecule has 0 spiro atoms. The van der Waals surface area contributed by atoms with Gasteiger partial charge in [-0.05, 0) is 37.9 Å². The van der Waals surface area contributed by atoms with Gasteiger partial charge in [0.05, 0.1) is 0 Å². The molecule has 0 aliphatic rings. The van der Waals surface area contributed by atoms with Crippen molar-refractivity contribution in [1.29, 1.82) is 0 Å². The largest absolute Gasteiger partial charge is 0.312 e. The second-order valence-corrected chi connectivity index (χ2v) is 7.64. The van der Waals surface area contributed by atoms with E-state index in [0.29, 0.717) is 4.21 Å². The molecular formula is C13H24N2O2S2. The first-order chi connectivity index (χ1) is 9.03. The maximum Gasteiger partial charge on any atom is 0.250 e. The summed E-state index contributed by atoms with van der Waals surface area (Å²) in [7, 11) is -3.35. The molecule has 0 aliphatic carbocycles. The summed E-state index contributed by atoms with van der Waals surface area (Å²) in [5.41, 5.74) is 0. The fourth-order valence-corrected chi connectivity index (χ4v) is 4.46. The minimum Gasteiger partial charge on any atom is -0.312 e. The minimum absolute atomic E-state index is 0.0220. The van der Waals surface area contributed by atoms with Crippen molar-refractivity contribution in [3.63, 3.8) is 0 Å². The Bertz CT molecular complexity index is 465. The van der Waals surface area contributed by atoms with E-state index >= 15 is 0 Å². The quantitative estimate of drug-likeness (QED) is 0.690. The van der Waals surface area contributed by atoms with E-state index in [1.54, 1.807) is 6.07 Å². The van der Waals surface area contributed by atoms with Gasteiger partial charge < -0.3 is 5.32 Å². The van der Waals surface area contributed by atoms with E-state index in [9.17, 15) is 8.42 Å². The number of sulfonamides is 1. The second kappa shape index (κ2) is 7.99. The van der Waals surface area contributed by atoms with Crippen molar-refractivity contribution in [3.05, 3.63) is 17.0 Å². The van der Waals surface area contributed by atoms with E-state index in [4.69, 9.17) is 0 Å². The van der Waals surface area contributed by atoms with Crippen LogP contribution in [0.5, 0.6) is 0 Å². The molecule has 1 heterocycles. The van der Waals surface area contributed by atoms with E-state index in [-0.39, 0.29) is 6.04 Å². The SMILES string of the molecule is CCCNCc1ccc(S(=O)(=O)NC(CC)CC)s1. The molecule has 0 unspecified atom stereocenters. The van der Waals surface area contributed by atoms with E-state index in [0.717, 1.165) is 37.2 Å². The van der Waals surface area contributed by atoms with Crippen molar-refractivity contribution < 1.29 is 8.42 Å². The van der Waals surface area contributed by atoms with Gasteiger partial charge in [0.15, 0.2) is 0 Å². The normalized spacial score (nSPS) is 12.2. The molecule has 110 valence electrons. The van der Waals surface area contributed by atoms with Gasteiger partial charge in [0.1, 0.15) is 4.21 Å². The first kappa shape index (κ1) is 16.6. The Balaban J connectivity index is 2.68. The van der Waals surface area contributed by atoms with Gasteiger partial charge in [-0.2, -0.15) is 0 Å². The lowest BCUT2D eigenvalue weighted by atomic mass is 10.2. The van der Waals surface area contributed by atoms with Crippen LogP contribution in [0.25, 0.3) is 0 Å². The Morgan fingerprint density at radius 2 is 1.89 bits per heavy atom. The highest BCUT2D eigenvalue weighted by atomic mass is 32.2. The smallest absolute Gasteiger partial charge is 0.250 e. The summed E-state index contributed by atoms with van der Waals surface area (Å²) >= 11 is 1.34. The first-order valence-electron chi connectivity index (χ1n) is 6.85. The summed E-state index contributed by atoms with van der Waals surface area (Å²) in [6.45, 7) is 7.78. The number of nitrogens with one attached hydrogen (secondary N) is 2. The number of rotatable bonds is 9. The molecule has 2 N–H and O–H groups in total. The predicted molar refractivity (Wildman–Crippen MR) is 81.0 cm³/mol. The highest BCUT2D eigenvalue weighted by Crippen LogP contribution is 2.22. The molecule has 0 radical (unpaired) electrons. The fraction of sp³-hybridized carbons (Fsp3) is 0.692. The summed E-state index contributed by atoms with van der Waals surface area (Å²) < 4.78 is 27.5. The Labute approximate surface area is 120 Å². The third kappa shape index (κ3) is 5.22. The van der Waals surface area contributed by atoms with Crippen LogP contribution in [0.4, 0.5) is 0 Å². The van der Waals surface area contributed by atoms with Crippen molar-refractivity contribution in [2.45, 2.75) is 56.8 Å². The number of hydrogen-bond donors (Lipinski definition) is 2. The van der Waals surface area contributed by atoms with Crippen LogP contribution >= 0.6 is 11.3 Å². The van der Waals surface area contributed by atoms with Gasteiger partial charge in [-0.25, -0.2) is 13.1 Å². The van der Waals surface area contributed by atoms with Crippen molar-refractivity contribution in [1.82, 2.24) is 10.0 Å².